The third kappa shape index (κ3) is 3.85. The smallest absolute Gasteiger partial charge is 0.306 e. The SMILES string of the molecule is CCn1ncc2c(C(=O)NC3CCC(C(=O)O)CC3)cc(-c3ccccc3)nc21. The van der Waals surface area contributed by atoms with Crippen LogP contribution in [0.25, 0.3) is 22.3 Å². The minimum Gasteiger partial charge on any atom is -0.481 e. The van der Waals surface area contributed by atoms with E-state index in [-0.39, 0.29) is 17.9 Å². The number of benzene rings is 1. The number of carboxylic acids is 1. The highest BCUT2D eigenvalue weighted by Gasteiger charge is 2.27. The van der Waals surface area contributed by atoms with E-state index in [1.54, 1.807) is 10.9 Å². The van der Waals surface area contributed by atoms with Gasteiger partial charge in [0.25, 0.3) is 5.91 Å². The molecule has 2 aromatic heterocycles. The van der Waals surface area contributed by atoms with Gasteiger partial charge in [0.05, 0.1) is 28.8 Å². The minimum atomic E-state index is -0.745. The Morgan fingerprint density at radius 2 is 1.90 bits per heavy atom. The molecule has 1 saturated carbocycles. The number of fused-ring (bicyclic) bond motifs is 1. The van der Waals surface area contributed by atoms with E-state index in [9.17, 15) is 9.59 Å². The average Bonchev–Trinajstić information content (AvgIpc) is 3.17. The molecule has 1 aliphatic carbocycles. The molecule has 0 aliphatic heterocycles. The van der Waals surface area contributed by atoms with Crippen molar-refractivity contribution in [3.05, 3.63) is 48.2 Å². The number of aromatic nitrogens is 3. The first-order chi connectivity index (χ1) is 14.1. The predicted molar refractivity (Wildman–Crippen MR) is 109 cm³/mol. The molecule has 1 fully saturated rings. The Balaban J connectivity index is 1.64. The second kappa shape index (κ2) is 8.03. The van der Waals surface area contributed by atoms with E-state index in [0.29, 0.717) is 43.4 Å². The van der Waals surface area contributed by atoms with Crippen LogP contribution < -0.4 is 5.32 Å². The highest BCUT2D eigenvalue weighted by Crippen LogP contribution is 2.27. The summed E-state index contributed by atoms with van der Waals surface area (Å²) in [6.45, 7) is 2.65. The summed E-state index contributed by atoms with van der Waals surface area (Å²) in [6, 6.07) is 11.6. The molecule has 2 heterocycles. The summed E-state index contributed by atoms with van der Waals surface area (Å²) in [5.41, 5.74) is 2.91. The molecule has 2 N–H and O–H groups in total. The molecule has 1 amide bonds. The summed E-state index contributed by atoms with van der Waals surface area (Å²) in [5.74, 6) is -1.21. The molecule has 0 radical (unpaired) electrons. The number of nitrogens with one attached hydrogen (secondary N) is 1. The van der Waals surface area contributed by atoms with E-state index >= 15 is 0 Å². The first-order valence-corrected chi connectivity index (χ1v) is 10.0. The van der Waals surface area contributed by atoms with Crippen molar-refractivity contribution in [2.45, 2.75) is 45.2 Å². The van der Waals surface area contributed by atoms with Crippen LogP contribution in [0.5, 0.6) is 0 Å². The number of hydrogen-bond donors (Lipinski definition) is 2. The fourth-order valence-electron chi connectivity index (χ4n) is 3.97. The van der Waals surface area contributed by atoms with Crippen LogP contribution in [0.4, 0.5) is 0 Å². The molecular formula is C22H24N4O3. The lowest BCUT2D eigenvalue weighted by molar-refractivity contribution is -0.142. The maximum absolute atomic E-state index is 13.1. The lowest BCUT2D eigenvalue weighted by Gasteiger charge is -2.27. The van der Waals surface area contributed by atoms with Crippen LogP contribution in [-0.2, 0) is 11.3 Å². The topological polar surface area (TPSA) is 97.1 Å². The second-order valence-electron chi connectivity index (χ2n) is 7.48. The van der Waals surface area contributed by atoms with Gasteiger partial charge in [-0.2, -0.15) is 5.10 Å². The van der Waals surface area contributed by atoms with Crippen molar-refractivity contribution in [2.75, 3.05) is 0 Å². The first kappa shape index (κ1) is 19.1. The zero-order valence-corrected chi connectivity index (χ0v) is 16.3. The standard InChI is InChI=1S/C22H24N4O3/c1-2-26-20-18(13-23-26)17(12-19(25-20)14-6-4-3-5-7-14)21(27)24-16-10-8-15(9-11-16)22(28)29/h3-7,12-13,15-16H,2,8-11H2,1H3,(H,24,27)(H,28,29). The normalized spacial score (nSPS) is 19.2. The van der Waals surface area contributed by atoms with Crippen molar-refractivity contribution in [2.24, 2.45) is 5.92 Å². The van der Waals surface area contributed by atoms with Crippen molar-refractivity contribution >= 4 is 22.9 Å². The Morgan fingerprint density at radius 3 is 2.55 bits per heavy atom. The second-order valence-corrected chi connectivity index (χ2v) is 7.48. The van der Waals surface area contributed by atoms with Crippen molar-refractivity contribution in [1.29, 1.82) is 0 Å². The van der Waals surface area contributed by atoms with E-state index in [0.717, 1.165) is 16.6 Å². The Bertz CT molecular complexity index is 1040. The number of pyridine rings is 1. The number of aliphatic carboxylic acids is 1. The zero-order chi connectivity index (χ0) is 20.4. The highest BCUT2D eigenvalue weighted by atomic mass is 16.4. The minimum absolute atomic E-state index is 0.0114. The molecule has 0 saturated heterocycles. The molecule has 7 nitrogen and oxygen atoms in total. The Morgan fingerprint density at radius 1 is 1.17 bits per heavy atom. The first-order valence-electron chi connectivity index (χ1n) is 10.0. The Hall–Kier alpha value is -3.22. The van der Waals surface area contributed by atoms with Crippen molar-refractivity contribution < 1.29 is 14.7 Å². The third-order valence-corrected chi connectivity index (χ3v) is 5.63. The molecule has 7 heteroatoms. The van der Waals surface area contributed by atoms with Gasteiger partial charge in [-0.15, -0.1) is 0 Å². The van der Waals surface area contributed by atoms with Crippen LogP contribution in [0.15, 0.2) is 42.6 Å². The predicted octanol–water partition coefficient (Wildman–Crippen LogP) is 3.49. The summed E-state index contributed by atoms with van der Waals surface area (Å²) in [4.78, 5) is 29.0. The van der Waals surface area contributed by atoms with E-state index in [4.69, 9.17) is 10.1 Å². The number of amides is 1. The highest BCUT2D eigenvalue weighted by molar-refractivity contribution is 6.06. The van der Waals surface area contributed by atoms with Gasteiger partial charge in [0.1, 0.15) is 0 Å². The van der Waals surface area contributed by atoms with Gasteiger partial charge < -0.3 is 10.4 Å². The van der Waals surface area contributed by atoms with E-state index in [2.05, 4.69) is 10.4 Å². The largest absolute Gasteiger partial charge is 0.481 e. The fraction of sp³-hybridized carbons (Fsp3) is 0.364. The summed E-state index contributed by atoms with van der Waals surface area (Å²) in [5, 5.41) is 17.4. The maximum atomic E-state index is 13.1. The number of nitrogens with zero attached hydrogens (tertiary/aromatic N) is 3. The van der Waals surface area contributed by atoms with Gasteiger partial charge in [0.2, 0.25) is 0 Å². The van der Waals surface area contributed by atoms with Gasteiger partial charge in [-0.3, -0.25) is 9.59 Å². The number of aryl methyl sites for hydroxylation is 1. The quantitative estimate of drug-likeness (QED) is 0.693. The average molecular weight is 392 g/mol. The molecule has 0 atom stereocenters. The number of carbonyl (C=O) groups excluding carboxylic acids is 1. The van der Waals surface area contributed by atoms with Gasteiger partial charge in [-0.25, -0.2) is 9.67 Å². The van der Waals surface area contributed by atoms with Crippen LogP contribution in [-0.4, -0.2) is 37.8 Å². The maximum Gasteiger partial charge on any atom is 0.306 e. The van der Waals surface area contributed by atoms with Crippen LogP contribution in [0.2, 0.25) is 0 Å². The molecular weight excluding hydrogens is 368 g/mol. The molecule has 0 unspecified atom stereocenters. The number of carbonyl (C=O) groups is 2. The fourth-order valence-corrected chi connectivity index (χ4v) is 3.97. The van der Waals surface area contributed by atoms with Gasteiger partial charge in [-0.05, 0) is 38.7 Å². The summed E-state index contributed by atoms with van der Waals surface area (Å²) in [7, 11) is 0. The molecule has 0 bridgehead atoms. The summed E-state index contributed by atoms with van der Waals surface area (Å²) in [6.07, 6.45) is 4.23. The van der Waals surface area contributed by atoms with Gasteiger partial charge in [0.15, 0.2) is 5.65 Å². The van der Waals surface area contributed by atoms with Gasteiger partial charge in [0, 0.05) is 18.2 Å². The molecule has 29 heavy (non-hydrogen) atoms. The lowest BCUT2D eigenvalue weighted by Crippen LogP contribution is -2.38. The third-order valence-electron chi connectivity index (χ3n) is 5.63. The van der Waals surface area contributed by atoms with E-state index in [1.807, 2.05) is 43.3 Å². The van der Waals surface area contributed by atoms with E-state index in [1.165, 1.54) is 0 Å². The van der Waals surface area contributed by atoms with Crippen LogP contribution in [0.3, 0.4) is 0 Å². The zero-order valence-electron chi connectivity index (χ0n) is 16.3. The van der Waals surface area contributed by atoms with Crippen molar-refractivity contribution in [3.8, 4) is 11.3 Å². The number of hydrogen-bond acceptors (Lipinski definition) is 4. The molecule has 1 aliphatic rings. The molecule has 0 spiro atoms. The van der Waals surface area contributed by atoms with Crippen LogP contribution in [0, 0.1) is 5.92 Å². The molecule has 3 aromatic rings. The van der Waals surface area contributed by atoms with E-state index < -0.39 is 5.97 Å². The van der Waals surface area contributed by atoms with Gasteiger partial charge in [-0.1, -0.05) is 30.3 Å². The lowest BCUT2D eigenvalue weighted by atomic mass is 9.86. The monoisotopic (exact) mass is 392 g/mol. The summed E-state index contributed by atoms with van der Waals surface area (Å²) >= 11 is 0. The number of carboxylic acid groups (broad SMARTS) is 1. The number of rotatable bonds is 5. The Kier molecular flexibility index (Phi) is 5.29. The summed E-state index contributed by atoms with van der Waals surface area (Å²) < 4.78 is 1.79. The van der Waals surface area contributed by atoms with Gasteiger partial charge >= 0.3 is 5.97 Å². The molecule has 4 rings (SSSR count). The van der Waals surface area contributed by atoms with Crippen LogP contribution >= 0.6 is 0 Å². The Labute approximate surface area is 168 Å². The molecule has 1 aromatic carbocycles. The van der Waals surface area contributed by atoms with Crippen molar-refractivity contribution in [3.63, 3.8) is 0 Å². The van der Waals surface area contributed by atoms with Crippen molar-refractivity contribution in [1.82, 2.24) is 20.1 Å². The van der Waals surface area contributed by atoms with Crippen LogP contribution in [0.1, 0.15) is 43.0 Å². The molecule has 150 valence electrons.